The number of amides is 3. The Labute approximate surface area is 259 Å². The van der Waals surface area contributed by atoms with E-state index in [1.54, 1.807) is 29.0 Å². The topological polar surface area (TPSA) is 118 Å². The Morgan fingerprint density at radius 2 is 1.87 bits per heavy atom. The zero-order valence-corrected chi connectivity index (χ0v) is 25.3. The number of aromatic hydroxyl groups is 1. The Bertz CT molecular complexity index is 1700. The number of piperazine rings is 1. The second kappa shape index (κ2) is 11.4. The summed E-state index contributed by atoms with van der Waals surface area (Å²) in [6.45, 7) is 7.09. The minimum atomic E-state index is -1.06. The predicted molar refractivity (Wildman–Crippen MR) is 161 cm³/mol. The van der Waals surface area contributed by atoms with E-state index in [4.69, 9.17) is 0 Å². The summed E-state index contributed by atoms with van der Waals surface area (Å²) >= 11 is 0. The van der Waals surface area contributed by atoms with E-state index in [-0.39, 0.29) is 49.7 Å². The molecule has 12 heteroatoms. The Kier molecular flexibility index (Phi) is 7.72. The highest BCUT2D eigenvalue weighted by Crippen LogP contribution is 2.40. The van der Waals surface area contributed by atoms with Crippen LogP contribution in [0.2, 0.25) is 0 Å². The van der Waals surface area contributed by atoms with Gasteiger partial charge >= 0.3 is 6.09 Å². The molecule has 3 aliphatic rings. The summed E-state index contributed by atoms with van der Waals surface area (Å²) in [6, 6.07) is 9.12. The van der Waals surface area contributed by atoms with Crippen molar-refractivity contribution in [1.29, 1.82) is 0 Å². The molecule has 3 aromatic rings. The second-order valence-corrected chi connectivity index (χ2v) is 12.9. The number of benzene rings is 2. The summed E-state index contributed by atoms with van der Waals surface area (Å²) in [5, 5.41) is 19.7. The maximum absolute atomic E-state index is 14.4. The molecule has 3 aliphatic heterocycles. The van der Waals surface area contributed by atoms with E-state index >= 15 is 0 Å². The van der Waals surface area contributed by atoms with Gasteiger partial charge in [0.2, 0.25) is 5.91 Å². The number of carbonyl (C=O) groups is 3. The van der Waals surface area contributed by atoms with Crippen LogP contribution in [0.4, 0.5) is 19.3 Å². The number of halogens is 2. The molecule has 1 fully saturated rings. The molecule has 236 valence electrons. The highest BCUT2D eigenvalue weighted by molar-refractivity contribution is 5.99. The van der Waals surface area contributed by atoms with E-state index in [1.807, 2.05) is 24.8 Å². The van der Waals surface area contributed by atoms with E-state index in [2.05, 4.69) is 4.98 Å². The fraction of sp³-hybridized carbons (Fsp3) is 0.394. The highest BCUT2D eigenvalue weighted by atomic mass is 19.1. The van der Waals surface area contributed by atoms with Crippen molar-refractivity contribution in [2.24, 2.45) is 0 Å². The first-order valence-electron chi connectivity index (χ1n) is 14.9. The molecule has 2 aromatic carbocycles. The smallest absolute Gasteiger partial charge is 0.407 e. The fourth-order valence-electron chi connectivity index (χ4n) is 6.73. The molecular weight excluding hydrogens is 584 g/mol. The largest absolute Gasteiger partial charge is 0.508 e. The molecule has 6 rings (SSSR count). The third-order valence-electron chi connectivity index (χ3n) is 9.06. The van der Waals surface area contributed by atoms with Crippen LogP contribution in [0, 0.1) is 11.6 Å². The number of pyridine rings is 1. The van der Waals surface area contributed by atoms with Crippen molar-refractivity contribution in [1.82, 2.24) is 19.7 Å². The first kappa shape index (κ1) is 30.4. The van der Waals surface area contributed by atoms with Crippen LogP contribution in [0.1, 0.15) is 53.5 Å². The van der Waals surface area contributed by atoms with Gasteiger partial charge in [-0.25, -0.2) is 13.6 Å². The highest BCUT2D eigenvalue weighted by Gasteiger charge is 2.43. The molecule has 0 spiro atoms. The molecular formula is C33H35F2N5O5. The van der Waals surface area contributed by atoms with Gasteiger partial charge in [0.05, 0.1) is 17.9 Å². The number of anilines is 1. The molecule has 0 radical (unpaired) electrons. The summed E-state index contributed by atoms with van der Waals surface area (Å²) in [4.78, 5) is 50.5. The number of phenolic OH excluding ortho intramolecular Hbond substituents is 1. The van der Waals surface area contributed by atoms with E-state index < -0.39 is 29.2 Å². The zero-order chi connectivity index (χ0) is 32.2. The molecule has 2 atom stereocenters. The van der Waals surface area contributed by atoms with E-state index in [9.17, 15) is 33.4 Å². The number of hydrogen-bond acceptors (Lipinski definition) is 6. The lowest BCUT2D eigenvalue weighted by atomic mass is 9.91. The van der Waals surface area contributed by atoms with Gasteiger partial charge in [-0.1, -0.05) is 26.0 Å². The summed E-state index contributed by atoms with van der Waals surface area (Å²) < 4.78 is 27.8. The van der Waals surface area contributed by atoms with Crippen molar-refractivity contribution < 1.29 is 33.4 Å². The maximum atomic E-state index is 14.4. The van der Waals surface area contributed by atoms with Crippen LogP contribution < -0.4 is 4.90 Å². The van der Waals surface area contributed by atoms with E-state index in [0.717, 1.165) is 17.3 Å². The van der Waals surface area contributed by atoms with Gasteiger partial charge in [0.25, 0.3) is 5.91 Å². The number of carbonyl (C=O) groups excluding carboxylic acids is 2. The summed E-state index contributed by atoms with van der Waals surface area (Å²) in [5.41, 5.74) is 3.10. The van der Waals surface area contributed by atoms with Crippen LogP contribution in [0.5, 0.6) is 5.75 Å². The SMILES string of the molecule is C[C@@H]1CN(CC(=O)N2CC(C)(C)c3ncc(Cc4ccc(F)cc4F)cc32)[C@@H](CN2Cc3ccc(O)cc3C2=O)CN1C(=O)O. The normalized spacial score (nSPS) is 20.8. The van der Waals surface area contributed by atoms with Crippen LogP contribution in [-0.4, -0.2) is 92.6 Å². The van der Waals surface area contributed by atoms with Gasteiger partial charge in [-0.15, -0.1) is 0 Å². The van der Waals surface area contributed by atoms with Crippen molar-refractivity contribution in [2.45, 2.75) is 51.2 Å². The summed E-state index contributed by atoms with van der Waals surface area (Å²) in [5.74, 6) is -1.76. The Balaban J connectivity index is 1.23. The molecule has 0 unspecified atom stereocenters. The maximum Gasteiger partial charge on any atom is 0.407 e. The van der Waals surface area contributed by atoms with Crippen LogP contribution in [0.25, 0.3) is 0 Å². The number of phenols is 1. The number of hydrogen-bond donors (Lipinski definition) is 2. The predicted octanol–water partition coefficient (Wildman–Crippen LogP) is 3.99. The zero-order valence-electron chi connectivity index (χ0n) is 25.3. The number of nitrogens with zero attached hydrogens (tertiary/aromatic N) is 5. The van der Waals surface area contributed by atoms with Gasteiger partial charge in [0.1, 0.15) is 17.4 Å². The van der Waals surface area contributed by atoms with Gasteiger partial charge in [-0.2, -0.15) is 0 Å². The summed E-state index contributed by atoms with van der Waals surface area (Å²) in [6.07, 6.45) is 0.770. The minimum absolute atomic E-state index is 0.00557. The first-order valence-corrected chi connectivity index (χ1v) is 14.9. The molecule has 10 nitrogen and oxygen atoms in total. The monoisotopic (exact) mass is 619 g/mol. The van der Waals surface area contributed by atoms with Gasteiger partial charge in [-0.05, 0) is 47.9 Å². The quantitative estimate of drug-likeness (QED) is 0.429. The van der Waals surface area contributed by atoms with Crippen molar-refractivity contribution >= 4 is 23.6 Å². The van der Waals surface area contributed by atoms with E-state index in [1.165, 1.54) is 29.2 Å². The minimum Gasteiger partial charge on any atom is -0.508 e. The van der Waals surface area contributed by atoms with Crippen LogP contribution in [0.3, 0.4) is 0 Å². The first-order chi connectivity index (χ1) is 21.3. The van der Waals surface area contributed by atoms with Crippen LogP contribution in [-0.2, 0) is 23.2 Å². The van der Waals surface area contributed by atoms with Gasteiger partial charge < -0.3 is 24.9 Å². The molecule has 1 saturated heterocycles. The molecule has 0 saturated carbocycles. The van der Waals surface area contributed by atoms with Crippen LogP contribution >= 0.6 is 0 Å². The van der Waals surface area contributed by atoms with Crippen molar-refractivity contribution in [3.05, 3.63) is 88.2 Å². The van der Waals surface area contributed by atoms with Crippen LogP contribution in [0.15, 0.2) is 48.7 Å². The third-order valence-corrected chi connectivity index (χ3v) is 9.06. The number of fused-ring (bicyclic) bond motifs is 2. The van der Waals surface area contributed by atoms with Gasteiger partial charge in [-0.3, -0.25) is 19.5 Å². The molecule has 3 amide bonds. The molecule has 0 aliphatic carbocycles. The number of aromatic nitrogens is 1. The lowest BCUT2D eigenvalue weighted by Gasteiger charge is -2.45. The van der Waals surface area contributed by atoms with Crippen molar-refractivity contribution in [2.75, 3.05) is 37.6 Å². The van der Waals surface area contributed by atoms with Gasteiger partial charge in [0, 0.05) is 74.5 Å². The van der Waals surface area contributed by atoms with E-state index in [0.29, 0.717) is 42.0 Å². The average molecular weight is 620 g/mol. The van der Waals surface area contributed by atoms with Crippen molar-refractivity contribution in [3.8, 4) is 5.75 Å². The molecule has 2 N–H and O–H groups in total. The molecule has 1 aromatic heterocycles. The molecule has 4 heterocycles. The Morgan fingerprint density at radius 3 is 2.60 bits per heavy atom. The summed E-state index contributed by atoms with van der Waals surface area (Å²) in [7, 11) is 0. The fourth-order valence-corrected chi connectivity index (χ4v) is 6.73. The Hall–Kier alpha value is -4.58. The number of carboxylic acid groups (broad SMARTS) is 1. The lowest BCUT2D eigenvalue weighted by Crippen LogP contribution is -2.63. The standard InChI is InChI=1S/C33H35F2N5O5/c1-19-13-37(24(16-39(19)32(44)45)15-38-14-22-5-7-25(41)11-26(22)31(38)43)17-29(42)40-18-33(2,3)30-28(40)9-20(12-36-30)8-21-4-6-23(34)10-27(21)35/h4-7,9-12,19,24,41H,8,13-18H2,1-3H3,(H,44,45)/t19-,24+/m1/s1. The van der Waals surface area contributed by atoms with Gasteiger partial charge in [0.15, 0.2) is 0 Å². The molecule has 45 heavy (non-hydrogen) atoms. The number of rotatable bonds is 6. The second-order valence-electron chi connectivity index (χ2n) is 12.9. The Morgan fingerprint density at radius 1 is 1.09 bits per heavy atom. The lowest BCUT2D eigenvalue weighted by molar-refractivity contribution is -0.121. The van der Waals surface area contributed by atoms with Crippen molar-refractivity contribution in [3.63, 3.8) is 0 Å². The average Bonchev–Trinajstić information content (AvgIpc) is 3.43. The molecule has 0 bridgehead atoms. The third kappa shape index (κ3) is 5.82.